The van der Waals surface area contributed by atoms with Crippen LogP contribution in [0.25, 0.3) is 23.0 Å². The average molecular weight is 518 g/mol. The number of carbonyl (C=O) groups is 1. The van der Waals surface area contributed by atoms with Crippen LogP contribution in [0.2, 0.25) is 0 Å². The molecule has 0 atom stereocenters. The average Bonchev–Trinajstić information content (AvgIpc) is 3.42. The predicted octanol–water partition coefficient (Wildman–Crippen LogP) is 7.00. The van der Waals surface area contributed by atoms with E-state index in [1.165, 1.54) is 6.08 Å². The first-order chi connectivity index (χ1) is 19.1. The van der Waals surface area contributed by atoms with Crippen LogP contribution in [-0.2, 0) is 4.79 Å². The fourth-order valence-electron chi connectivity index (χ4n) is 4.01. The zero-order valence-corrected chi connectivity index (χ0v) is 21.6. The lowest BCUT2D eigenvalue weighted by atomic mass is 10.1. The summed E-state index contributed by atoms with van der Waals surface area (Å²) in [6.07, 6.45) is 5.13. The van der Waals surface area contributed by atoms with Gasteiger partial charge in [-0.05, 0) is 72.8 Å². The van der Waals surface area contributed by atoms with E-state index in [1.54, 1.807) is 37.1 Å². The normalized spacial score (nSPS) is 10.8. The van der Waals surface area contributed by atoms with Gasteiger partial charge >= 0.3 is 0 Å². The van der Waals surface area contributed by atoms with Gasteiger partial charge in [0.25, 0.3) is 0 Å². The van der Waals surface area contributed by atoms with Crippen LogP contribution in [0.3, 0.4) is 0 Å². The lowest BCUT2D eigenvalue weighted by Crippen LogP contribution is -2.07. The van der Waals surface area contributed by atoms with Gasteiger partial charge in [0.1, 0.15) is 17.2 Å². The highest BCUT2D eigenvalue weighted by Crippen LogP contribution is 2.34. The molecule has 5 rings (SSSR count). The van der Waals surface area contributed by atoms with Gasteiger partial charge in [-0.3, -0.25) is 4.79 Å². The van der Waals surface area contributed by atoms with E-state index in [0.717, 1.165) is 22.6 Å². The number of hydrogen-bond donors (Lipinski definition) is 1. The Hall–Kier alpha value is -5.30. The number of ether oxygens (including phenoxy) is 3. The molecule has 4 aromatic carbocycles. The first-order valence-electron chi connectivity index (χ1n) is 12.3. The topological polar surface area (TPSA) is 74.6 Å². The van der Waals surface area contributed by atoms with Crippen LogP contribution < -0.4 is 19.5 Å². The van der Waals surface area contributed by atoms with Gasteiger partial charge in [-0.1, -0.05) is 36.4 Å². The van der Waals surface area contributed by atoms with E-state index in [4.69, 9.17) is 19.3 Å². The summed E-state index contributed by atoms with van der Waals surface area (Å²) in [5.41, 5.74) is 3.86. The highest BCUT2D eigenvalue weighted by Gasteiger charge is 2.14. The van der Waals surface area contributed by atoms with E-state index in [2.05, 4.69) is 5.32 Å². The Balaban J connectivity index is 1.36. The molecular formula is C32H27N3O4. The van der Waals surface area contributed by atoms with Gasteiger partial charge in [-0.15, -0.1) is 0 Å². The summed E-state index contributed by atoms with van der Waals surface area (Å²) in [5.74, 6) is 2.38. The van der Waals surface area contributed by atoms with Crippen molar-refractivity contribution in [2.24, 2.45) is 0 Å². The molecule has 0 aliphatic heterocycles. The second-order valence-electron chi connectivity index (χ2n) is 8.55. The second-order valence-corrected chi connectivity index (χ2v) is 8.55. The van der Waals surface area contributed by atoms with E-state index in [0.29, 0.717) is 28.6 Å². The molecular weight excluding hydrogens is 490 g/mol. The summed E-state index contributed by atoms with van der Waals surface area (Å²) >= 11 is 0. The molecule has 0 fully saturated rings. The summed E-state index contributed by atoms with van der Waals surface area (Å²) < 4.78 is 18.5. The number of nitrogens with one attached hydrogen (secondary N) is 1. The molecule has 39 heavy (non-hydrogen) atoms. The van der Waals surface area contributed by atoms with Crippen LogP contribution >= 0.6 is 0 Å². The zero-order valence-electron chi connectivity index (χ0n) is 21.6. The van der Waals surface area contributed by atoms with Crippen LogP contribution in [0.5, 0.6) is 23.0 Å². The van der Waals surface area contributed by atoms with Gasteiger partial charge in [0.15, 0.2) is 11.5 Å². The maximum absolute atomic E-state index is 12.8. The van der Waals surface area contributed by atoms with Gasteiger partial charge in [0.05, 0.1) is 19.9 Å². The summed E-state index contributed by atoms with van der Waals surface area (Å²) in [5, 5.41) is 7.70. The third-order valence-corrected chi connectivity index (χ3v) is 5.94. The standard InChI is InChI=1S/C32H27N3O4/c1-37-29-19-13-23(21-30(29)38-2)32-24(22-35(34-32)26-9-5-3-6-10-26)14-20-31(36)33-25-15-17-28(18-16-25)39-27-11-7-4-8-12-27/h3-22H,1-2H3,(H,33,36). The molecule has 194 valence electrons. The molecule has 0 aliphatic carbocycles. The van der Waals surface area contributed by atoms with Crippen LogP contribution in [0.1, 0.15) is 5.56 Å². The Bertz CT molecular complexity index is 1580. The Kier molecular flexibility index (Phi) is 7.69. The largest absolute Gasteiger partial charge is 0.493 e. The summed E-state index contributed by atoms with van der Waals surface area (Å²) in [6.45, 7) is 0. The number of methoxy groups -OCH3 is 2. The second kappa shape index (κ2) is 11.8. The number of amides is 1. The first-order valence-corrected chi connectivity index (χ1v) is 12.3. The van der Waals surface area contributed by atoms with Crippen molar-refractivity contribution in [1.82, 2.24) is 9.78 Å². The molecule has 0 unspecified atom stereocenters. The van der Waals surface area contributed by atoms with Gasteiger partial charge in [-0.25, -0.2) is 4.68 Å². The SMILES string of the molecule is COc1ccc(-c2nn(-c3ccccc3)cc2C=CC(=O)Nc2ccc(Oc3ccccc3)cc2)cc1OC. The molecule has 1 aromatic heterocycles. The number of rotatable bonds is 9. The Morgan fingerprint density at radius 1 is 0.795 bits per heavy atom. The number of nitrogens with zero attached hydrogens (tertiary/aromatic N) is 2. The molecule has 0 radical (unpaired) electrons. The smallest absolute Gasteiger partial charge is 0.248 e. The minimum atomic E-state index is -0.266. The summed E-state index contributed by atoms with van der Waals surface area (Å²) in [4.78, 5) is 12.8. The van der Waals surface area contributed by atoms with E-state index in [9.17, 15) is 4.79 Å². The van der Waals surface area contributed by atoms with Crippen molar-refractivity contribution >= 4 is 17.7 Å². The number of para-hydroxylation sites is 2. The lowest BCUT2D eigenvalue weighted by molar-refractivity contribution is -0.111. The number of anilines is 1. The van der Waals surface area contributed by atoms with Crippen LogP contribution in [0, 0.1) is 0 Å². The Morgan fingerprint density at radius 3 is 2.15 bits per heavy atom. The van der Waals surface area contributed by atoms with Crippen molar-refractivity contribution < 1.29 is 19.0 Å². The molecule has 1 N–H and O–H groups in total. The monoisotopic (exact) mass is 517 g/mol. The molecule has 7 nitrogen and oxygen atoms in total. The fourth-order valence-corrected chi connectivity index (χ4v) is 4.01. The van der Waals surface area contributed by atoms with Crippen molar-refractivity contribution in [2.45, 2.75) is 0 Å². The van der Waals surface area contributed by atoms with Crippen LogP contribution in [0.4, 0.5) is 5.69 Å². The molecule has 0 spiro atoms. The molecule has 5 aromatic rings. The minimum Gasteiger partial charge on any atom is -0.493 e. The third-order valence-electron chi connectivity index (χ3n) is 5.94. The van der Waals surface area contributed by atoms with E-state index >= 15 is 0 Å². The van der Waals surface area contributed by atoms with E-state index in [-0.39, 0.29) is 5.91 Å². The lowest BCUT2D eigenvalue weighted by Gasteiger charge is -2.09. The van der Waals surface area contributed by atoms with Gasteiger partial charge in [0.2, 0.25) is 5.91 Å². The van der Waals surface area contributed by atoms with Gasteiger partial charge < -0.3 is 19.5 Å². The predicted molar refractivity (Wildman–Crippen MR) is 153 cm³/mol. The van der Waals surface area contributed by atoms with Crippen molar-refractivity contribution in [1.29, 1.82) is 0 Å². The molecule has 0 saturated heterocycles. The fraction of sp³-hybridized carbons (Fsp3) is 0.0625. The number of hydrogen-bond acceptors (Lipinski definition) is 5. The molecule has 0 saturated carbocycles. The first kappa shape index (κ1) is 25.4. The Morgan fingerprint density at radius 2 is 1.46 bits per heavy atom. The molecule has 7 heteroatoms. The van der Waals surface area contributed by atoms with Crippen molar-refractivity contribution in [2.75, 3.05) is 19.5 Å². The summed E-state index contributed by atoms with van der Waals surface area (Å²) in [6, 6.07) is 32.2. The van der Waals surface area contributed by atoms with E-state index < -0.39 is 0 Å². The summed E-state index contributed by atoms with van der Waals surface area (Å²) in [7, 11) is 3.19. The highest BCUT2D eigenvalue weighted by atomic mass is 16.5. The Labute approximate surface area is 226 Å². The van der Waals surface area contributed by atoms with Crippen LogP contribution in [-0.4, -0.2) is 29.9 Å². The quantitative estimate of drug-likeness (QED) is 0.213. The van der Waals surface area contributed by atoms with Crippen molar-refractivity contribution in [3.05, 3.63) is 121 Å². The minimum absolute atomic E-state index is 0.266. The highest BCUT2D eigenvalue weighted by molar-refractivity contribution is 6.02. The number of benzene rings is 4. The van der Waals surface area contributed by atoms with E-state index in [1.807, 2.05) is 97.2 Å². The zero-order chi connectivity index (χ0) is 27.0. The molecule has 1 amide bonds. The maximum atomic E-state index is 12.8. The van der Waals surface area contributed by atoms with Crippen molar-refractivity contribution in [3.8, 4) is 39.9 Å². The van der Waals surface area contributed by atoms with Gasteiger partial charge in [-0.2, -0.15) is 5.10 Å². The number of aromatic nitrogens is 2. The van der Waals surface area contributed by atoms with Gasteiger partial charge in [0, 0.05) is 29.1 Å². The molecule has 1 heterocycles. The third kappa shape index (κ3) is 6.17. The van der Waals surface area contributed by atoms with Crippen LogP contribution in [0.15, 0.2) is 115 Å². The number of carbonyl (C=O) groups excluding carboxylic acids is 1. The van der Waals surface area contributed by atoms with Crippen molar-refractivity contribution in [3.63, 3.8) is 0 Å². The molecule has 0 aliphatic rings. The maximum Gasteiger partial charge on any atom is 0.248 e. The molecule has 0 bridgehead atoms.